The molecular formula is C17H28N4O4. The number of carbonyl (C=O) groups excluding carboxylic acids is 2. The third-order valence-corrected chi connectivity index (χ3v) is 5.69. The molecule has 3 fully saturated rings. The molecule has 8 heteroatoms. The molecule has 0 radical (unpaired) electrons. The number of rotatable bonds is 7. The zero-order valence-electron chi connectivity index (χ0n) is 14.7. The fraction of sp³-hybridized carbons (Fsp3) is 0.824. The topological polar surface area (TPSA) is 102 Å². The number of nitrogens with one attached hydrogen (secondary N) is 2. The second-order valence-electron chi connectivity index (χ2n) is 7.47. The number of aliphatic carboxylic acids is 1. The maximum atomic E-state index is 12.2. The monoisotopic (exact) mass is 352 g/mol. The van der Waals surface area contributed by atoms with Gasteiger partial charge in [0.15, 0.2) is 0 Å². The molecule has 140 valence electrons. The van der Waals surface area contributed by atoms with Crippen LogP contribution in [0, 0.1) is 5.92 Å². The number of hydrogen-bond acceptors (Lipinski definition) is 4. The van der Waals surface area contributed by atoms with Crippen molar-refractivity contribution in [3.8, 4) is 0 Å². The zero-order valence-corrected chi connectivity index (χ0v) is 14.7. The minimum Gasteiger partial charge on any atom is -0.480 e. The van der Waals surface area contributed by atoms with E-state index in [-0.39, 0.29) is 42.5 Å². The second kappa shape index (κ2) is 7.59. The van der Waals surface area contributed by atoms with E-state index in [0.717, 1.165) is 32.1 Å². The maximum absolute atomic E-state index is 12.2. The Morgan fingerprint density at radius 2 is 1.80 bits per heavy atom. The van der Waals surface area contributed by atoms with Gasteiger partial charge in [-0.15, -0.1) is 0 Å². The van der Waals surface area contributed by atoms with Crippen molar-refractivity contribution in [2.45, 2.75) is 57.2 Å². The number of likely N-dealkylation sites (tertiary alicyclic amines) is 1. The van der Waals surface area contributed by atoms with Crippen molar-refractivity contribution in [1.82, 2.24) is 20.4 Å². The highest BCUT2D eigenvalue weighted by molar-refractivity contribution is 5.81. The molecule has 25 heavy (non-hydrogen) atoms. The van der Waals surface area contributed by atoms with Gasteiger partial charge in [0.2, 0.25) is 5.91 Å². The van der Waals surface area contributed by atoms with Crippen molar-refractivity contribution in [2.24, 2.45) is 5.92 Å². The molecule has 0 unspecified atom stereocenters. The number of hydrogen-bond donors (Lipinski definition) is 3. The van der Waals surface area contributed by atoms with E-state index in [1.165, 1.54) is 0 Å². The summed E-state index contributed by atoms with van der Waals surface area (Å²) in [6.07, 6.45) is 4.71. The molecule has 0 aromatic heterocycles. The number of carbonyl (C=O) groups is 3. The smallest absolute Gasteiger partial charge is 0.317 e. The lowest BCUT2D eigenvalue weighted by Crippen LogP contribution is -2.65. The van der Waals surface area contributed by atoms with Crippen LogP contribution >= 0.6 is 0 Å². The fourth-order valence-corrected chi connectivity index (χ4v) is 3.67. The van der Waals surface area contributed by atoms with Crippen LogP contribution in [0.15, 0.2) is 0 Å². The summed E-state index contributed by atoms with van der Waals surface area (Å²) in [5, 5.41) is 14.9. The van der Waals surface area contributed by atoms with Crippen LogP contribution in [0.1, 0.15) is 39.0 Å². The number of nitrogens with zero attached hydrogens (tertiary/aromatic N) is 2. The summed E-state index contributed by atoms with van der Waals surface area (Å²) in [6, 6.07) is 0.347. The fourth-order valence-electron chi connectivity index (χ4n) is 3.67. The van der Waals surface area contributed by atoms with Crippen LogP contribution in [0.3, 0.4) is 0 Å². The third-order valence-electron chi connectivity index (χ3n) is 5.69. The summed E-state index contributed by atoms with van der Waals surface area (Å²) >= 11 is 0. The van der Waals surface area contributed by atoms with Crippen molar-refractivity contribution in [2.75, 3.05) is 26.2 Å². The largest absolute Gasteiger partial charge is 0.480 e. The van der Waals surface area contributed by atoms with E-state index in [1.54, 1.807) is 4.90 Å². The molecular weight excluding hydrogens is 324 g/mol. The SMILES string of the molecule is CCN(CC(=O)O)C1CC(NC(=O)N2CC(NC(=O)C3CCC3)C2)C1. The first-order valence-corrected chi connectivity index (χ1v) is 9.28. The molecule has 3 aliphatic rings. The number of urea groups is 1. The van der Waals surface area contributed by atoms with Gasteiger partial charge in [-0.1, -0.05) is 13.3 Å². The van der Waals surface area contributed by atoms with Gasteiger partial charge >= 0.3 is 12.0 Å². The predicted molar refractivity (Wildman–Crippen MR) is 91.1 cm³/mol. The lowest BCUT2D eigenvalue weighted by atomic mass is 9.84. The van der Waals surface area contributed by atoms with Gasteiger partial charge in [0.25, 0.3) is 0 Å². The van der Waals surface area contributed by atoms with Crippen LogP contribution in [0.25, 0.3) is 0 Å². The van der Waals surface area contributed by atoms with Gasteiger partial charge in [-0.3, -0.25) is 14.5 Å². The summed E-state index contributed by atoms with van der Waals surface area (Å²) < 4.78 is 0. The van der Waals surface area contributed by atoms with Gasteiger partial charge in [0.1, 0.15) is 0 Å². The van der Waals surface area contributed by atoms with E-state index in [4.69, 9.17) is 5.11 Å². The van der Waals surface area contributed by atoms with Gasteiger partial charge in [-0.25, -0.2) is 4.79 Å². The van der Waals surface area contributed by atoms with Gasteiger partial charge in [-0.2, -0.15) is 0 Å². The average molecular weight is 352 g/mol. The van der Waals surface area contributed by atoms with E-state index in [0.29, 0.717) is 19.6 Å². The van der Waals surface area contributed by atoms with Crippen molar-refractivity contribution in [1.29, 1.82) is 0 Å². The lowest BCUT2D eigenvalue weighted by molar-refractivity contribution is -0.139. The Morgan fingerprint density at radius 3 is 2.32 bits per heavy atom. The number of likely N-dealkylation sites (N-methyl/N-ethyl adjacent to an activating group) is 1. The Morgan fingerprint density at radius 1 is 1.12 bits per heavy atom. The summed E-state index contributed by atoms with van der Waals surface area (Å²) in [5.74, 6) is -0.497. The standard InChI is InChI=1S/C17H28N4O4/c1-2-20(10-15(22)23)14-6-12(7-14)19-17(25)21-8-13(9-21)18-16(24)11-4-3-5-11/h11-14H,2-10H2,1H3,(H,18,24)(H,19,25)(H,22,23). The molecule has 0 aromatic carbocycles. The van der Waals surface area contributed by atoms with Gasteiger partial charge in [-0.05, 0) is 32.2 Å². The third kappa shape index (κ3) is 4.23. The molecule has 3 rings (SSSR count). The van der Waals surface area contributed by atoms with Crippen LogP contribution in [0.2, 0.25) is 0 Å². The van der Waals surface area contributed by atoms with E-state index < -0.39 is 5.97 Å². The average Bonchev–Trinajstić information content (AvgIpc) is 2.41. The Balaban J connectivity index is 1.31. The maximum Gasteiger partial charge on any atom is 0.317 e. The van der Waals surface area contributed by atoms with Crippen molar-refractivity contribution >= 4 is 17.9 Å². The van der Waals surface area contributed by atoms with Crippen molar-refractivity contribution < 1.29 is 19.5 Å². The Kier molecular flexibility index (Phi) is 5.46. The van der Waals surface area contributed by atoms with Gasteiger partial charge < -0.3 is 20.6 Å². The quantitative estimate of drug-likeness (QED) is 0.609. The van der Waals surface area contributed by atoms with Crippen LogP contribution in [0.4, 0.5) is 4.79 Å². The summed E-state index contributed by atoms with van der Waals surface area (Å²) in [6.45, 7) is 3.84. The minimum atomic E-state index is -0.815. The molecule has 3 N–H and O–H groups in total. The molecule has 1 heterocycles. The molecule has 1 saturated heterocycles. The first-order chi connectivity index (χ1) is 12.0. The van der Waals surface area contributed by atoms with E-state index in [9.17, 15) is 14.4 Å². The Hall–Kier alpha value is -1.83. The van der Waals surface area contributed by atoms with Crippen LogP contribution < -0.4 is 10.6 Å². The molecule has 0 aromatic rings. The second-order valence-corrected chi connectivity index (χ2v) is 7.47. The summed E-state index contributed by atoms with van der Waals surface area (Å²) in [7, 11) is 0. The van der Waals surface area contributed by atoms with Gasteiger partial charge in [0, 0.05) is 31.1 Å². The Labute approximate surface area is 147 Å². The number of carboxylic acids is 1. The molecule has 1 aliphatic heterocycles. The van der Waals surface area contributed by atoms with Crippen LogP contribution in [-0.4, -0.2) is 77.1 Å². The van der Waals surface area contributed by atoms with E-state index >= 15 is 0 Å². The highest BCUT2D eigenvalue weighted by atomic mass is 16.4. The molecule has 3 amide bonds. The van der Waals surface area contributed by atoms with Crippen molar-refractivity contribution in [3.05, 3.63) is 0 Å². The first-order valence-electron chi connectivity index (χ1n) is 9.28. The molecule has 2 aliphatic carbocycles. The molecule has 0 atom stereocenters. The normalized spacial score (nSPS) is 26.4. The predicted octanol–water partition coefficient (Wildman–Crippen LogP) is 0.234. The van der Waals surface area contributed by atoms with E-state index in [2.05, 4.69) is 10.6 Å². The number of amides is 3. The van der Waals surface area contributed by atoms with E-state index in [1.807, 2.05) is 11.8 Å². The molecule has 0 bridgehead atoms. The molecule has 2 saturated carbocycles. The first kappa shape index (κ1) is 18.0. The van der Waals surface area contributed by atoms with Gasteiger partial charge in [0.05, 0.1) is 12.6 Å². The highest BCUT2D eigenvalue weighted by Gasteiger charge is 2.38. The zero-order chi connectivity index (χ0) is 18.0. The lowest BCUT2D eigenvalue weighted by Gasteiger charge is -2.45. The molecule has 8 nitrogen and oxygen atoms in total. The number of carboxylic acid groups (broad SMARTS) is 1. The van der Waals surface area contributed by atoms with Crippen molar-refractivity contribution in [3.63, 3.8) is 0 Å². The highest BCUT2D eigenvalue weighted by Crippen LogP contribution is 2.27. The summed E-state index contributed by atoms with van der Waals surface area (Å²) in [5.41, 5.74) is 0. The minimum absolute atomic E-state index is 0.0519. The van der Waals surface area contributed by atoms with Crippen LogP contribution in [0.5, 0.6) is 0 Å². The van der Waals surface area contributed by atoms with Crippen LogP contribution in [-0.2, 0) is 9.59 Å². The Bertz CT molecular complexity index is 525. The molecule has 0 spiro atoms. The summed E-state index contributed by atoms with van der Waals surface area (Å²) in [4.78, 5) is 38.5.